The molecule has 1 amide bonds. The molecule has 1 heterocycles. The summed E-state index contributed by atoms with van der Waals surface area (Å²) in [6.07, 6.45) is 36.6. The van der Waals surface area contributed by atoms with E-state index in [4.69, 9.17) is 4.74 Å². The lowest BCUT2D eigenvalue weighted by molar-refractivity contribution is -0.151. The number of carbonyl (C=O) groups excluding carboxylic acids is 2. The van der Waals surface area contributed by atoms with Gasteiger partial charge in [-0.05, 0) is 118 Å². The van der Waals surface area contributed by atoms with Crippen molar-refractivity contribution in [2.24, 2.45) is 28.6 Å². The second kappa shape index (κ2) is 18.0. The molecule has 1 N–H and O–H groups in total. The summed E-state index contributed by atoms with van der Waals surface area (Å²) in [7, 11) is 0. The molecule has 0 saturated heterocycles. The zero-order valence-electron chi connectivity index (χ0n) is 30.7. The van der Waals surface area contributed by atoms with Gasteiger partial charge in [0.05, 0.1) is 0 Å². The molecule has 3 saturated carbocycles. The maximum Gasteiger partial charge on any atom is 0.306 e. The van der Waals surface area contributed by atoms with Crippen LogP contribution in [0.15, 0.2) is 48.3 Å². The number of esters is 1. The van der Waals surface area contributed by atoms with Crippen molar-refractivity contribution < 1.29 is 14.3 Å². The van der Waals surface area contributed by atoms with E-state index < -0.39 is 0 Å². The molecule has 0 aromatic carbocycles. The molecule has 5 rings (SSSR count). The monoisotopic (exact) mass is 659 g/mol. The highest BCUT2D eigenvalue weighted by atomic mass is 16.5. The first-order chi connectivity index (χ1) is 23.3. The molecule has 5 nitrogen and oxygen atoms in total. The van der Waals surface area contributed by atoms with Crippen LogP contribution in [0.4, 0.5) is 0 Å². The number of ether oxygens (including phenoxy) is 1. The Hall–Kier alpha value is -2.43. The van der Waals surface area contributed by atoms with E-state index in [9.17, 15) is 9.59 Å². The molecular formula is C43H66N2O3. The van der Waals surface area contributed by atoms with Gasteiger partial charge in [-0.1, -0.05) is 95.9 Å². The molecule has 4 aliphatic rings. The number of fused-ring (bicyclic) bond motifs is 5. The van der Waals surface area contributed by atoms with E-state index >= 15 is 0 Å². The molecule has 1 aromatic heterocycles. The van der Waals surface area contributed by atoms with Gasteiger partial charge in [-0.15, -0.1) is 0 Å². The third kappa shape index (κ3) is 9.21. The first kappa shape index (κ1) is 36.8. The van der Waals surface area contributed by atoms with Crippen LogP contribution in [0.1, 0.15) is 172 Å². The fourth-order valence-corrected chi connectivity index (χ4v) is 10.3. The van der Waals surface area contributed by atoms with Crippen LogP contribution in [0, 0.1) is 28.6 Å². The highest BCUT2D eigenvalue weighted by Gasteiger charge is 2.59. The average Bonchev–Trinajstić information content (AvgIpc) is 3.42. The molecule has 1 unspecified atom stereocenters. The lowest BCUT2D eigenvalue weighted by Gasteiger charge is -2.58. The van der Waals surface area contributed by atoms with Gasteiger partial charge in [-0.25, -0.2) is 0 Å². The van der Waals surface area contributed by atoms with Crippen molar-refractivity contribution in [2.75, 3.05) is 0 Å². The van der Waals surface area contributed by atoms with Crippen molar-refractivity contribution in [3.63, 3.8) is 0 Å². The fourth-order valence-electron chi connectivity index (χ4n) is 10.3. The second-order valence-electron chi connectivity index (χ2n) is 16.3. The first-order valence-corrected chi connectivity index (χ1v) is 20.1. The van der Waals surface area contributed by atoms with Crippen LogP contribution in [0.25, 0.3) is 0 Å². The van der Waals surface area contributed by atoms with E-state index in [1.54, 1.807) is 18.0 Å². The number of nitrogens with zero attached hydrogens (tertiary/aromatic N) is 1. The zero-order valence-corrected chi connectivity index (χ0v) is 30.7. The highest BCUT2D eigenvalue weighted by molar-refractivity contribution is 5.94. The van der Waals surface area contributed by atoms with Crippen LogP contribution in [-0.2, 0) is 9.53 Å². The quantitative estimate of drug-likeness (QED) is 0.0968. The number of amides is 1. The van der Waals surface area contributed by atoms with Crippen molar-refractivity contribution in [1.29, 1.82) is 0 Å². The predicted octanol–water partition coefficient (Wildman–Crippen LogP) is 11.1. The van der Waals surface area contributed by atoms with Crippen LogP contribution < -0.4 is 5.32 Å². The molecule has 48 heavy (non-hydrogen) atoms. The Morgan fingerprint density at radius 3 is 2.27 bits per heavy atom. The van der Waals surface area contributed by atoms with Crippen LogP contribution in [-0.4, -0.2) is 29.0 Å². The van der Waals surface area contributed by atoms with Gasteiger partial charge in [-0.3, -0.25) is 14.6 Å². The largest absolute Gasteiger partial charge is 0.462 e. The number of hydrogen-bond donors (Lipinski definition) is 1. The van der Waals surface area contributed by atoms with Gasteiger partial charge in [0.15, 0.2) is 0 Å². The van der Waals surface area contributed by atoms with Gasteiger partial charge >= 0.3 is 5.97 Å². The number of carbonyl (C=O) groups is 2. The van der Waals surface area contributed by atoms with Crippen molar-refractivity contribution in [3.8, 4) is 0 Å². The van der Waals surface area contributed by atoms with E-state index in [-0.39, 0.29) is 34.9 Å². The smallest absolute Gasteiger partial charge is 0.306 e. The minimum atomic E-state index is 0.00904. The Balaban J connectivity index is 0.985. The third-order valence-electron chi connectivity index (χ3n) is 13.2. The zero-order chi connectivity index (χ0) is 33.8. The Labute approximate surface area is 292 Å². The summed E-state index contributed by atoms with van der Waals surface area (Å²) in [6.45, 7) is 7.24. The van der Waals surface area contributed by atoms with Gasteiger partial charge in [-0.2, -0.15) is 0 Å². The Kier molecular flexibility index (Phi) is 13.8. The number of rotatable bonds is 18. The first-order valence-electron chi connectivity index (χ1n) is 20.1. The number of unbranched alkanes of at least 4 members (excludes halogenated alkanes) is 11. The second-order valence-corrected chi connectivity index (χ2v) is 16.3. The lowest BCUT2D eigenvalue weighted by atomic mass is 9.48. The Morgan fingerprint density at radius 1 is 0.854 bits per heavy atom. The minimum absolute atomic E-state index is 0.00904. The van der Waals surface area contributed by atoms with Crippen LogP contribution in [0.5, 0.6) is 0 Å². The lowest BCUT2D eigenvalue weighted by Crippen LogP contribution is -2.54. The normalized spacial score (nSPS) is 31.1. The van der Waals surface area contributed by atoms with Crippen LogP contribution in [0.2, 0.25) is 0 Å². The fraction of sp³-hybridized carbons (Fsp3) is 0.744. The summed E-state index contributed by atoms with van der Waals surface area (Å²) in [6, 6.07) is 3.85. The van der Waals surface area contributed by atoms with E-state index in [2.05, 4.69) is 49.3 Å². The minimum Gasteiger partial charge on any atom is -0.462 e. The number of nitrogens with one attached hydrogen (secondary N) is 1. The van der Waals surface area contributed by atoms with Crippen molar-refractivity contribution in [3.05, 3.63) is 53.9 Å². The molecule has 0 bridgehead atoms. The molecule has 0 aliphatic heterocycles. The predicted molar refractivity (Wildman–Crippen MR) is 197 cm³/mol. The molecule has 7 atom stereocenters. The molecule has 1 aromatic rings. The SMILES string of the molecule is CCCCCCCC/C=C\CCCCCCCC(=O)O[C@H]1CC[C@@]2(C)C(=CC[C@@H]3[C@@H]2CC[C@]2(C)C(NC(=O)c4ccncc4)CC[C@@H]32)C1. The molecular weight excluding hydrogens is 592 g/mol. The molecule has 0 radical (unpaired) electrons. The average molecular weight is 659 g/mol. The third-order valence-corrected chi connectivity index (χ3v) is 13.2. The van der Waals surface area contributed by atoms with Gasteiger partial charge < -0.3 is 10.1 Å². The van der Waals surface area contributed by atoms with E-state index in [1.165, 1.54) is 89.9 Å². The molecule has 0 spiro atoms. The van der Waals surface area contributed by atoms with Gasteiger partial charge in [0.2, 0.25) is 0 Å². The van der Waals surface area contributed by atoms with Crippen LogP contribution >= 0.6 is 0 Å². The topological polar surface area (TPSA) is 68.3 Å². The Morgan fingerprint density at radius 2 is 1.54 bits per heavy atom. The maximum absolute atomic E-state index is 13.0. The summed E-state index contributed by atoms with van der Waals surface area (Å²) in [4.78, 5) is 29.9. The van der Waals surface area contributed by atoms with Crippen LogP contribution in [0.3, 0.4) is 0 Å². The summed E-state index contributed by atoms with van der Waals surface area (Å²) in [5, 5.41) is 3.43. The van der Waals surface area contributed by atoms with Crippen molar-refractivity contribution in [1.82, 2.24) is 10.3 Å². The highest BCUT2D eigenvalue weighted by Crippen LogP contribution is 2.65. The number of pyridine rings is 1. The Bertz CT molecular complexity index is 1230. The summed E-state index contributed by atoms with van der Waals surface area (Å²) < 4.78 is 6.08. The summed E-state index contributed by atoms with van der Waals surface area (Å²) >= 11 is 0. The standard InChI is InChI=1S/C43H66N2O3/c1-4-5-6-7-8-9-10-11-12-13-14-15-16-17-18-19-40(46)48-35-24-28-42(2)34(32-35)20-21-36-37-22-23-39(43(37,3)29-25-38(36)42)45-41(47)33-26-30-44-31-27-33/h11-12,20,26-27,30-31,35-39H,4-10,13-19,21-25,28-29,32H2,1-3H3,(H,45,47)/b12-11-/t35-,36-,37-,38-,39?,42-,43-/m0/s1. The molecule has 3 fully saturated rings. The van der Waals surface area contributed by atoms with Gasteiger partial charge in [0, 0.05) is 36.8 Å². The molecule has 4 aliphatic carbocycles. The molecule has 5 heteroatoms. The number of hydrogen-bond acceptors (Lipinski definition) is 4. The molecule has 266 valence electrons. The number of aromatic nitrogens is 1. The van der Waals surface area contributed by atoms with Gasteiger partial charge in [0.1, 0.15) is 6.10 Å². The number of allylic oxidation sites excluding steroid dienone is 3. The van der Waals surface area contributed by atoms with E-state index in [0.29, 0.717) is 29.7 Å². The van der Waals surface area contributed by atoms with Gasteiger partial charge in [0.25, 0.3) is 5.91 Å². The summed E-state index contributed by atoms with van der Waals surface area (Å²) in [5.41, 5.74) is 2.63. The maximum atomic E-state index is 13.0. The summed E-state index contributed by atoms with van der Waals surface area (Å²) in [5.74, 6) is 2.07. The van der Waals surface area contributed by atoms with Crippen molar-refractivity contribution >= 4 is 11.9 Å². The van der Waals surface area contributed by atoms with E-state index in [0.717, 1.165) is 44.9 Å². The van der Waals surface area contributed by atoms with Crippen molar-refractivity contribution in [2.45, 2.75) is 174 Å². The van der Waals surface area contributed by atoms with E-state index in [1.807, 2.05) is 12.1 Å².